The summed E-state index contributed by atoms with van der Waals surface area (Å²) in [5, 5.41) is 10.4. The molecule has 0 fully saturated rings. The predicted molar refractivity (Wildman–Crippen MR) is 70.9 cm³/mol. The zero-order valence-electron chi connectivity index (χ0n) is 10.5. The molecular weight excluding hydrogens is 226 g/mol. The Bertz CT molecular complexity index is 548. The fourth-order valence-electron chi connectivity index (χ4n) is 2.36. The minimum atomic E-state index is 0.802. The number of ether oxygens (including phenoxy) is 1. The highest BCUT2D eigenvalue weighted by Crippen LogP contribution is 2.31. The van der Waals surface area contributed by atoms with Crippen molar-refractivity contribution in [1.82, 2.24) is 15.5 Å². The van der Waals surface area contributed by atoms with Gasteiger partial charge < -0.3 is 10.1 Å². The van der Waals surface area contributed by atoms with Crippen LogP contribution in [0, 0.1) is 0 Å². The van der Waals surface area contributed by atoms with Crippen LogP contribution in [0.4, 0.5) is 0 Å². The topological polar surface area (TPSA) is 49.9 Å². The highest BCUT2D eigenvalue weighted by molar-refractivity contribution is 5.67. The minimum Gasteiger partial charge on any atom is -0.493 e. The molecule has 0 unspecified atom stereocenters. The maximum atomic E-state index is 5.53. The van der Waals surface area contributed by atoms with Crippen molar-refractivity contribution in [2.45, 2.75) is 12.8 Å². The molecule has 3 rings (SSSR count). The van der Waals surface area contributed by atoms with Crippen LogP contribution in [0.25, 0.3) is 11.1 Å². The summed E-state index contributed by atoms with van der Waals surface area (Å²) in [5.41, 5.74) is 4.90. The van der Waals surface area contributed by atoms with E-state index in [2.05, 4.69) is 33.7 Å². The van der Waals surface area contributed by atoms with Crippen molar-refractivity contribution in [3.8, 4) is 16.9 Å². The molecule has 2 N–H and O–H groups in total. The van der Waals surface area contributed by atoms with Gasteiger partial charge in [-0.1, -0.05) is 6.07 Å². The number of fused-ring (bicyclic) bond motifs is 1. The number of nitrogens with one attached hydrogen (secondary N) is 2. The Kier molecular flexibility index (Phi) is 3.02. The summed E-state index contributed by atoms with van der Waals surface area (Å²) in [6, 6.07) is 6.39. The molecule has 0 spiro atoms. The van der Waals surface area contributed by atoms with Crippen molar-refractivity contribution in [2.75, 3.05) is 20.2 Å². The molecular formula is C14H17N3O. The van der Waals surface area contributed by atoms with Gasteiger partial charge in [0, 0.05) is 30.6 Å². The number of hydrogen-bond acceptors (Lipinski definition) is 3. The van der Waals surface area contributed by atoms with Crippen molar-refractivity contribution in [2.24, 2.45) is 0 Å². The van der Waals surface area contributed by atoms with Crippen LogP contribution in [0.5, 0.6) is 5.75 Å². The second kappa shape index (κ2) is 4.82. The van der Waals surface area contributed by atoms with Crippen molar-refractivity contribution >= 4 is 0 Å². The van der Waals surface area contributed by atoms with Crippen LogP contribution in [0.2, 0.25) is 0 Å². The van der Waals surface area contributed by atoms with Crippen molar-refractivity contribution < 1.29 is 4.74 Å². The van der Waals surface area contributed by atoms with Crippen LogP contribution in [0.1, 0.15) is 11.3 Å². The van der Waals surface area contributed by atoms with Gasteiger partial charge in [0.2, 0.25) is 0 Å². The Hall–Kier alpha value is -1.81. The van der Waals surface area contributed by atoms with E-state index in [0.29, 0.717) is 0 Å². The molecule has 1 aromatic carbocycles. The molecule has 18 heavy (non-hydrogen) atoms. The van der Waals surface area contributed by atoms with Gasteiger partial charge in [-0.05, 0) is 30.3 Å². The summed E-state index contributed by atoms with van der Waals surface area (Å²) in [6.07, 6.45) is 3.87. The van der Waals surface area contributed by atoms with Crippen molar-refractivity contribution in [3.63, 3.8) is 0 Å². The number of hydrogen-bond donors (Lipinski definition) is 2. The molecule has 1 aliphatic rings. The molecule has 1 aliphatic heterocycles. The van der Waals surface area contributed by atoms with Gasteiger partial charge in [-0.25, -0.2) is 0 Å². The van der Waals surface area contributed by atoms with Gasteiger partial charge in [0.25, 0.3) is 0 Å². The normalized spacial score (nSPS) is 13.4. The van der Waals surface area contributed by atoms with E-state index in [9.17, 15) is 0 Å². The number of nitrogens with zero attached hydrogens (tertiary/aromatic N) is 1. The molecule has 2 aromatic rings. The fraction of sp³-hybridized carbons (Fsp3) is 0.357. The van der Waals surface area contributed by atoms with E-state index < -0.39 is 0 Å². The molecule has 0 saturated heterocycles. The van der Waals surface area contributed by atoms with E-state index in [1.807, 2.05) is 13.2 Å². The second-order valence-electron chi connectivity index (χ2n) is 4.54. The summed E-state index contributed by atoms with van der Waals surface area (Å²) in [7, 11) is 1.96. The van der Waals surface area contributed by atoms with Crippen LogP contribution in [0.3, 0.4) is 0 Å². The van der Waals surface area contributed by atoms with Gasteiger partial charge in [-0.2, -0.15) is 5.10 Å². The number of aromatic amines is 1. The lowest BCUT2D eigenvalue weighted by Gasteiger charge is -2.05. The van der Waals surface area contributed by atoms with Gasteiger partial charge in [-0.15, -0.1) is 0 Å². The Labute approximate surface area is 106 Å². The van der Waals surface area contributed by atoms with Gasteiger partial charge in [-0.3, -0.25) is 5.10 Å². The molecule has 2 heterocycles. The van der Waals surface area contributed by atoms with Gasteiger partial charge in [0.05, 0.1) is 12.8 Å². The van der Waals surface area contributed by atoms with Crippen molar-refractivity contribution in [3.05, 3.63) is 35.7 Å². The molecule has 0 amide bonds. The monoisotopic (exact) mass is 243 g/mol. The van der Waals surface area contributed by atoms with Crippen LogP contribution in [-0.4, -0.2) is 30.4 Å². The Balaban J connectivity index is 1.92. The average Bonchev–Trinajstić information content (AvgIpc) is 3.03. The Morgan fingerprint density at radius 2 is 2.39 bits per heavy atom. The van der Waals surface area contributed by atoms with E-state index >= 15 is 0 Å². The summed E-state index contributed by atoms with van der Waals surface area (Å²) in [4.78, 5) is 0. The zero-order valence-corrected chi connectivity index (χ0v) is 10.5. The number of likely N-dealkylation sites (N-methyl/N-ethyl adjacent to an activating group) is 1. The lowest BCUT2D eigenvalue weighted by molar-refractivity contribution is 0.357. The van der Waals surface area contributed by atoms with E-state index in [-0.39, 0.29) is 0 Å². The van der Waals surface area contributed by atoms with Crippen LogP contribution in [0.15, 0.2) is 24.4 Å². The quantitative estimate of drug-likeness (QED) is 0.860. The number of rotatable bonds is 4. The Morgan fingerprint density at radius 1 is 1.44 bits per heavy atom. The SMILES string of the molecule is CNCCc1[nH]ncc1-c1ccc2c(c1)CCO2. The van der Waals surface area contributed by atoms with Gasteiger partial charge >= 0.3 is 0 Å². The molecule has 0 aliphatic carbocycles. The third kappa shape index (κ3) is 1.99. The first-order chi connectivity index (χ1) is 8.88. The Morgan fingerprint density at radius 3 is 3.28 bits per heavy atom. The first-order valence-electron chi connectivity index (χ1n) is 6.31. The average molecular weight is 243 g/mol. The lowest BCUT2D eigenvalue weighted by Crippen LogP contribution is -2.11. The van der Waals surface area contributed by atoms with Gasteiger partial charge in [0.1, 0.15) is 5.75 Å². The number of aromatic nitrogens is 2. The van der Waals surface area contributed by atoms with E-state index in [1.54, 1.807) is 0 Å². The third-order valence-electron chi connectivity index (χ3n) is 3.34. The highest BCUT2D eigenvalue weighted by atomic mass is 16.5. The van der Waals surface area contributed by atoms with Crippen molar-refractivity contribution in [1.29, 1.82) is 0 Å². The largest absolute Gasteiger partial charge is 0.493 e. The molecule has 1 aromatic heterocycles. The summed E-state index contributed by atoms with van der Waals surface area (Å²) in [6.45, 7) is 1.75. The van der Waals surface area contributed by atoms with Gasteiger partial charge in [0.15, 0.2) is 0 Å². The van der Waals surface area contributed by atoms with Crippen LogP contribution >= 0.6 is 0 Å². The molecule has 0 radical (unpaired) electrons. The lowest BCUT2D eigenvalue weighted by atomic mass is 10.0. The molecule has 94 valence electrons. The second-order valence-corrected chi connectivity index (χ2v) is 4.54. The fourth-order valence-corrected chi connectivity index (χ4v) is 2.36. The summed E-state index contributed by atoms with van der Waals surface area (Å²) in [5.74, 6) is 1.03. The molecule has 0 saturated carbocycles. The standard InChI is InChI=1S/C14H17N3O/c1-15-6-4-13-12(9-16-17-13)10-2-3-14-11(8-10)5-7-18-14/h2-3,8-9,15H,4-7H2,1H3,(H,16,17). The van der Waals surface area contributed by atoms with Crippen LogP contribution in [-0.2, 0) is 12.8 Å². The molecule has 0 atom stereocenters. The number of H-pyrrole nitrogens is 1. The van der Waals surface area contributed by atoms with E-state index in [1.165, 1.54) is 22.4 Å². The first-order valence-corrected chi connectivity index (χ1v) is 6.31. The number of benzene rings is 1. The maximum absolute atomic E-state index is 5.53. The molecule has 4 nitrogen and oxygen atoms in total. The van der Waals surface area contributed by atoms with Crippen LogP contribution < -0.4 is 10.1 Å². The molecule has 4 heteroatoms. The van der Waals surface area contributed by atoms with E-state index in [0.717, 1.165) is 31.7 Å². The smallest absolute Gasteiger partial charge is 0.122 e. The third-order valence-corrected chi connectivity index (χ3v) is 3.34. The minimum absolute atomic E-state index is 0.802. The molecule has 0 bridgehead atoms. The zero-order chi connectivity index (χ0) is 12.4. The summed E-state index contributed by atoms with van der Waals surface area (Å²) < 4.78 is 5.53. The van der Waals surface area contributed by atoms with E-state index in [4.69, 9.17) is 4.74 Å². The predicted octanol–water partition coefficient (Wildman–Crippen LogP) is 1.77. The maximum Gasteiger partial charge on any atom is 0.122 e. The summed E-state index contributed by atoms with van der Waals surface area (Å²) >= 11 is 0. The first kappa shape index (κ1) is 11.3. The highest BCUT2D eigenvalue weighted by Gasteiger charge is 2.14.